The quantitative estimate of drug-likeness (QED) is 0.666. The van der Waals surface area contributed by atoms with E-state index in [0.29, 0.717) is 6.42 Å². The molecule has 0 fully saturated rings. The predicted octanol–water partition coefficient (Wildman–Crippen LogP) is 1.77. The average Bonchev–Trinajstić information content (AvgIpc) is 2.58. The lowest BCUT2D eigenvalue weighted by Crippen LogP contribution is -1.80. The molecule has 2 aromatic rings. The molecule has 0 N–H and O–H groups in total. The molecule has 12 heavy (non-hydrogen) atoms. The van der Waals surface area contributed by atoms with Gasteiger partial charge in [-0.05, 0) is 6.92 Å². The van der Waals surface area contributed by atoms with Crippen molar-refractivity contribution in [3.63, 3.8) is 0 Å². The molecule has 2 rings (SSSR count). The average molecular weight is 177 g/mol. The second kappa shape index (κ2) is 2.61. The van der Waals surface area contributed by atoms with Crippen LogP contribution >= 0.6 is 11.3 Å². The zero-order chi connectivity index (χ0) is 8.55. The number of hydrogen-bond donors (Lipinski definition) is 0. The van der Waals surface area contributed by atoms with Crippen molar-refractivity contribution in [2.45, 2.75) is 13.3 Å². The fourth-order valence-corrected chi connectivity index (χ4v) is 2.11. The van der Waals surface area contributed by atoms with E-state index >= 15 is 0 Å². The molecule has 60 valence electrons. The van der Waals surface area contributed by atoms with Crippen LogP contribution in [0.5, 0.6) is 0 Å². The van der Waals surface area contributed by atoms with Crippen LogP contribution in [-0.2, 0) is 6.42 Å². The van der Waals surface area contributed by atoms with Gasteiger partial charge in [0.25, 0.3) is 0 Å². The van der Waals surface area contributed by atoms with Crippen LogP contribution in [0.2, 0.25) is 0 Å². The first-order chi connectivity index (χ1) is 5.83. The van der Waals surface area contributed by atoms with Crippen molar-refractivity contribution in [3.05, 3.63) is 23.1 Å². The smallest absolute Gasteiger partial charge is 0.124 e. The van der Waals surface area contributed by atoms with Gasteiger partial charge in [0.15, 0.2) is 0 Å². The molecule has 0 amide bonds. The SMILES string of the molecule is Cc1csc2c(CC#N)ncn12. The molecule has 0 aliphatic rings. The normalized spacial score (nSPS) is 10.3. The summed E-state index contributed by atoms with van der Waals surface area (Å²) in [4.78, 5) is 5.25. The second-order valence-corrected chi connectivity index (χ2v) is 3.44. The maximum Gasteiger partial charge on any atom is 0.124 e. The minimum atomic E-state index is 0.399. The van der Waals surface area contributed by atoms with Crippen molar-refractivity contribution in [2.75, 3.05) is 0 Å². The summed E-state index contributed by atoms with van der Waals surface area (Å²) in [5, 5.41) is 10.6. The van der Waals surface area contributed by atoms with E-state index in [0.717, 1.165) is 10.5 Å². The molecule has 0 saturated carbocycles. The van der Waals surface area contributed by atoms with Gasteiger partial charge in [-0.2, -0.15) is 5.26 Å². The van der Waals surface area contributed by atoms with E-state index in [-0.39, 0.29) is 0 Å². The Hall–Kier alpha value is -1.34. The summed E-state index contributed by atoms with van der Waals surface area (Å²) in [6, 6.07) is 2.10. The molecule has 0 saturated heterocycles. The minimum Gasteiger partial charge on any atom is -0.294 e. The van der Waals surface area contributed by atoms with Gasteiger partial charge in [0, 0.05) is 11.1 Å². The summed E-state index contributed by atoms with van der Waals surface area (Å²) < 4.78 is 2.01. The first-order valence-electron chi connectivity index (χ1n) is 3.60. The molecule has 4 heteroatoms. The topological polar surface area (TPSA) is 41.1 Å². The van der Waals surface area contributed by atoms with Gasteiger partial charge in [0.05, 0.1) is 18.2 Å². The Labute approximate surface area is 73.9 Å². The van der Waals surface area contributed by atoms with Gasteiger partial charge in [-0.1, -0.05) is 0 Å². The number of imidazole rings is 1. The van der Waals surface area contributed by atoms with Crippen LogP contribution in [0.1, 0.15) is 11.4 Å². The number of aryl methyl sites for hydroxylation is 1. The number of fused-ring (bicyclic) bond motifs is 1. The summed E-state index contributed by atoms with van der Waals surface area (Å²) in [5.41, 5.74) is 2.06. The minimum absolute atomic E-state index is 0.399. The van der Waals surface area contributed by atoms with Gasteiger partial charge in [-0.3, -0.25) is 4.40 Å². The Morgan fingerprint density at radius 3 is 3.33 bits per heavy atom. The monoisotopic (exact) mass is 177 g/mol. The zero-order valence-electron chi connectivity index (χ0n) is 6.61. The molecule has 0 aromatic carbocycles. The van der Waals surface area contributed by atoms with Crippen molar-refractivity contribution < 1.29 is 0 Å². The summed E-state index contributed by atoms with van der Waals surface area (Å²) in [6.07, 6.45) is 2.17. The van der Waals surface area contributed by atoms with Crippen LogP contribution in [0.15, 0.2) is 11.7 Å². The third-order valence-electron chi connectivity index (χ3n) is 1.76. The zero-order valence-corrected chi connectivity index (χ0v) is 7.43. The molecule has 0 unspecified atom stereocenters. The molecule has 2 heterocycles. The predicted molar refractivity (Wildman–Crippen MR) is 47.1 cm³/mol. The van der Waals surface area contributed by atoms with Crippen molar-refractivity contribution in [1.82, 2.24) is 9.38 Å². The number of thiazole rings is 1. The molecule has 0 bridgehead atoms. The molecule has 0 aliphatic carbocycles. The molecule has 0 atom stereocenters. The van der Waals surface area contributed by atoms with Crippen LogP contribution in [0.25, 0.3) is 4.83 Å². The maximum absolute atomic E-state index is 8.51. The second-order valence-electron chi connectivity index (χ2n) is 2.58. The van der Waals surface area contributed by atoms with Gasteiger partial charge in [0.1, 0.15) is 11.2 Å². The highest BCUT2D eigenvalue weighted by atomic mass is 32.1. The van der Waals surface area contributed by atoms with Gasteiger partial charge < -0.3 is 0 Å². The first-order valence-corrected chi connectivity index (χ1v) is 4.48. The van der Waals surface area contributed by atoms with Crippen molar-refractivity contribution in [1.29, 1.82) is 5.26 Å². The van der Waals surface area contributed by atoms with Gasteiger partial charge >= 0.3 is 0 Å². The number of nitrogens with zero attached hydrogens (tertiary/aromatic N) is 3. The number of aromatic nitrogens is 2. The van der Waals surface area contributed by atoms with E-state index in [1.54, 1.807) is 17.7 Å². The van der Waals surface area contributed by atoms with Crippen LogP contribution in [0.4, 0.5) is 0 Å². The summed E-state index contributed by atoms with van der Waals surface area (Å²) >= 11 is 1.64. The number of hydrogen-bond acceptors (Lipinski definition) is 3. The van der Waals surface area contributed by atoms with Crippen molar-refractivity contribution in [3.8, 4) is 6.07 Å². The molecule has 0 radical (unpaired) electrons. The third-order valence-corrected chi connectivity index (χ3v) is 2.88. The lowest BCUT2D eigenvalue weighted by atomic mass is 10.4. The Kier molecular flexibility index (Phi) is 1.59. The highest BCUT2D eigenvalue weighted by Crippen LogP contribution is 2.19. The van der Waals surface area contributed by atoms with Crippen molar-refractivity contribution in [2.24, 2.45) is 0 Å². The molecule has 0 spiro atoms. The van der Waals surface area contributed by atoms with E-state index < -0.39 is 0 Å². The first kappa shape index (κ1) is 7.32. The molecule has 3 nitrogen and oxygen atoms in total. The van der Waals surface area contributed by atoms with Crippen molar-refractivity contribution >= 4 is 16.2 Å². The lowest BCUT2D eigenvalue weighted by molar-refractivity contribution is 1.09. The Bertz CT molecular complexity index is 446. The summed E-state index contributed by atoms with van der Waals surface area (Å²) in [5.74, 6) is 0. The fraction of sp³-hybridized carbons (Fsp3) is 0.250. The summed E-state index contributed by atoms with van der Waals surface area (Å²) in [6.45, 7) is 2.03. The van der Waals surface area contributed by atoms with E-state index in [9.17, 15) is 0 Å². The van der Waals surface area contributed by atoms with E-state index in [2.05, 4.69) is 16.4 Å². The summed E-state index contributed by atoms with van der Waals surface area (Å²) in [7, 11) is 0. The molecular weight excluding hydrogens is 170 g/mol. The van der Waals surface area contributed by atoms with Crippen LogP contribution < -0.4 is 0 Å². The van der Waals surface area contributed by atoms with E-state index in [1.165, 1.54) is 5.69 Å². The highest BCUT2D eigenvalue weighted by Gasteiger charge is 2.06. The van der Waals surface area contributed by atoms with Gasteiger partial charge in [-0.15, -0.1) is 11.3 Å². The molecule has 0 aliphatic heterocycles. The maximum atomic E-state index is 8.51. The van der Waals surface area contributed by atoms with E-state index in [1.807, 2.05) is 11.3 Å². The Balaban J connectivity index is 2.65. The highest BCUT2D eigenvalue weighted by molar-refractivity contribution is 7.15. The van der Waals surface area contributed by atoms with E-state index in [4.69, 9.17) is 5.26 Å². The molecule has 2 aromatic heterocycles. The third kappa shape index (κ3) is 0.908. The van der Waals surface area contributed by atoms with Gasteiger partial charge in [-0.25, -0.2) is 4.98 Å². The standard InChI is InChI=1S/C8H7N3S/c1-6-4-12-8-7(2-3-9)10-5-11(6)8/h4-5H,2H2,1H3. The Morgan fingerprint density at radius 1 is 1.75 bits per heavy atom. The van der Waals surface area contributed by atoms with Crippen LogP contribution in [-0.4, -0.2) is 9.38 Å². The van der Waals surface area contributed by atoms with Crippen LogP contribution in [0, 0.1) is 18.3 Å². The number of rotatable bonds is 1. The lowest BCUT2D eigenvalue weighted by Gasteiger charge is -1.84. The molecular formula is C8H7N3S. The largest absolute Gasteiger partial charge is 0.294 e. The number of nitriles is 1. The van der Waals surface area contributed by atoms with Gasteiger partial charge in [0.2, 0.25) is 0 Å². The fourth-order valence-electron chi connectivity index (χ4n) is 1.14. The Morgan fingerprint density at radius 2 is 2.58 bits per heavy atom. The van der Waals surface area contributed by atoms with Crippen LogP contribution in [0.3, 0.4) is 0 Å².